The van der Waals surface area contributed by atoms with Gasteiger partial charge in [-0.1, -0.05) is 13.3 Å². The molecule has 0 saturated heterocycles. The second-order valence-corrected chi connectivity index (χ2v) is 5.94. The number of rotatable bonds is 4. The number of aromatic nitrogens is 2. The molecule has 1 heterocycles. The van der Waals surface area contributed by atoms with Gasteiger partial charge in [-0.2, -0.15) is 0 Å². The van der Waals surface area contributed by atoms with E-state index in [4.69, 9.17) is 10.5 Å². The van der Waals surface area contributed by atoms with Gasteiger partial charge in [0.05, 0.1) is 21.7 Å². The number of benzene rings is 1. The lowest BCUT2D eigenvalue weighted by molar-refractivity contribution is 0.412. The first-order valence-electron chi connectivity index (χ1n) is 6.22. The summed E-state index contributed by atoms with van der Waals surface area (Å²) >= 11 is 6.91. The number of methoxy groups -OCH3 is 1. The Balaban J connectivity index is 2.49. The van der Waals surface area contributed by atoms with Gasteiger partial charge in [0, 0.05) is 5.56 Å². The molecule has 1 aromatic carbocycles. The molecule has 4 nitrogen and oxygen atoms in total. The van der Waals surface area contributed by atoms with E-state index in [0.717, 1.165) is 38.8 Å². The maximum absolute atomic E-state index is 5.95. The van der Waals surface area contributed by atoms with E-state index in [9.17, 15) is 0 Å². The average molecular weight is 401 g/mol. The molecule has 0 saturated carbocycles. The summed E-state index contributed by atoms with van der Waals surface area (Å²) in [7, 11) is 1.63. The Bertz CT molecular complexity index is 632. The van der Waals surface area contributed by atoms with Gasteiger partial charge in [-0.05, 0) is 56.5 Å². The summed E-state index contributed by atoms with van der Waals surface area (Å²) in [4.78, 5) is 8.93. The Morgan fingerprint density at radius 3 is 2.60 bits per heavy atom. The molecule has 0 unspecified atom stereocenters. The maximum Gasteiger partial charge on any atom is 0.161 e. The molecule has 2 aromatic rings. The van der Waals surface area contributed by atoms with E-state index >= 15 is 0 Å². The Morgan fingerprint density at radius 1 is 1.25 bits per heavy atom. The van der Waals surface area contributed by atoms with Gasteiger partial charge in [-0.25, -0.2) is 9.97 Å². The highest BCUT2D eigenvalue weighted by molar-refractivity contribution is 9.11. The van der Waals surface area contributed by atoms with Gasteiger partial charge < -0.3 is 10.5 Å². The van der Waals surface area contributed by atoms with Gasteiger partial charge in [0.25, 0.3) is 0 Å². The van der Waals surface area contributed by atoms with Crippen molar-refractivity contribution in [3.8, 4) is 17.1 Å². The van der Waals surface area contributed by atoms with Crippen LogP contribution in [0.15, 0.2) is 27.1 Å². The molecule has 2 rings (SSSR count). The van der Waals surface area contributed by atoms with Crippen LogP contribution >= 0.6 is 31.9 Å². The monoisotopic (exact) mass is 399 g/mol. The quantitative estimate of drug-likeness (QED) is 0.834. The van der Waals surface area contributed by atoms with Gasteiger partial charge in [0.1, 0.15) is 11.6 Å². The van der Waals surface area contributed by atoms with E-state index in [1.807, 2.05) is 18.2 Å². The number of hydrogen-bond acceptors (Lipinski definition) is 4. The predicted molar refractivity (Wildman–Crippen MR) is 87.8 cm³/mol. The number of nitrogens with two attached hydrogens (primary N) is 1. The van der Waals surface area contributed by atoms with E-state index in [-0.39, 0.29) is 0 Å². The van der Waals surface area contributed by atoms with Crippen molar-refractivity contribution in [2.45, 2.75) is 19.8 Å². The van der Waals surface area contributed by atoms with E-state index in [2.05, 4.69) is 48.8 Å². The molecule has 106 valence electrons. The second-order valence-electron chi connectivity index (χ2n) is 4.29. The van der Waals surface area contributed by atoms with Crippen LogP contribution in [-0.4, -0.2) is 17.1 Å². The lowest BCUT2D eigenvalue weighted by Gasteiger charge is -2.10. The zero-order valence-corrected chi connectivity index (χ0v) is 14.5. The second kappa shape index (κ2) is 6.54. The van der Waals surface area contributed by atoms with Gasteiger partial charge in [-0.15, -0.1) is 0 Å². The molecular formula is C14H15Br2N3O. The summed E-state index contributed by atoms with van der Waals surface area (Å²) < 4.78 is 6.87. The number of nitrogen functional groups attached to an aromatic ring is 1. The maximum atomic E-state index is 5.95. The fourth-order valence-corrected chi connectivity index (χ4v) is 2.77. The Labute approximate surface area is 135 Å². The first kappa shape index (κ1) is 15.3. The molecule has 0 spiro atoms. The standard InChI is InChI=1S/C14H15Br2N3O/c1-3-4-10-12(16)13(17)19-14(18-10)8-5-6-11(20-2)9(15)7-8/h5-7H,3-4H2,1-2H3,(H2,17,18,19). The van der Waals surface area contributed by atoms with Crippen LogP contribution in [0, 0.1) is 0 Å². The molecule has 0 radical (unpaired) electrons. The van der Waals surface area contributed by atoms with Crippen molar-refractivity contribution >= 4 is 37.7 Å². The molecule has 6 heteroatoms. The molecule has 0 aliphatic carbocycles. The average Bonchev–Trinajstić information content (AvgIpc) is 2.43. The molecule has 0 aliphatic rings. The van der Waals surface area contributed by atoms with Crippen molar-refractivity contribution in [2.75, 3.05) is 12.8 Å². The highest BCUT2D eigenvalue weighted by Gasteiger charge is 2.12. The van der Waals surface area contributed by atoms with Crippen LogP contribution in [0.3, 0.4) is 0 Å². The normalized spacial score (nSPS) is 10.6. The third kappa shape index (κ3) is 3.12. The third-order valence-corrected chi connectivity index (χ3v) is 4.33. The summed E-state index contributed by atoms with van der Waals surface area (Å²) in [6, 6.07) is 5.72. The van der Waals surface area contributed by atoms with Crippen molar-refractivity contribution in [1.82, 2.24) is 9.97 Å². The molecule has 0 atom stereocenters. The van der Waals surface area contributed by atoms with Crippen molar-refractivity contribution in [1.29, 1.82) is 0 Å². The zero-order valence-electron chi connectivity index (χ0n) is 11.3. The van der Waals surface area contributed by atoms with Crippen LogP contribution in [0.5, 0.6) is 5.75 Å². The predicted octanol–water partition coefficient (Wildman–Crippen LogP) is 4.21. The molecule has 1 aromatic heterocycles. The van der Waals surface area contributed by atoms with E-state index in [1.165, 1.54) is 0 Å². The molecule has 0 aliphatic heterocycles. The van der Waals surface area contributed by atoms with E-state index < -0.39 is 0 Å². The summed E-state index contributed by atoms with van der Waals surface area (Å²) in [6.07, 6.45) is 1.86. The summed E-state index contributed by atoms with van der Waals surface area (Å²) in [5.74, 6) is 1.86. The van der Waals surface area contributed by atoms with Gasteiger partial charge >= 0.3 is 0 Å². The third-order valence-electron chi connectivity index (χ3n) is 2.84. The van der Waals surface area contributed by atoms with Gasteiger partial charge in [0.15, 0.2) is 5.82 Å². The smallest absolute Gasteiger partial charge is 0.161 e. The molecule has 0 fully saturated rings. The van der Waals surface area contributed by atoms with Crippen LogP contribution in [0.25, 0.3) is 11.4 Å². The molecule has 2 N–H and O–H groups in total. The fraction of sp³-hybridized carbons (Fsp3) is 0.286. The first-order valence-corrected chi connectivity index (χ1v) is 7.81. The van der Waals surface area contributed by atoms with Crippen molar-refractivity contribution in [2.24, 2.45) is 0 Å². The van der Waals surface area contributed by atoms with E-state index in [1.54, 1.807) is 7.11 Å². The summed E-state index contributed by atoms with van der Waals surface area (Å²) in [5.41, 5.74) is 7.78. The number of hydrogen-bond donors (Lipinski definition) is 1. The van der Waals surface area contributed by atoms with Crippen molar-refractivity contribution < 1.29 is 4.74 Å². The SMILES string of the molecule is CCCc1nc(-c2ccc(OC)c(Br)c2)nc(N)c1Br. The first-order chi connectivity index (χ1) is 9.56. The molecule has 20 heavy (non-hydrogen) atoms. The highest BCUT2D eigenvalue weighted by atomic mass is 79.9. The molecular weight excluding hydrogens is 386 g/mol. The Morgan fingerprint density at radius 2 is 2.00 bits per heavy atom. The van der Waals surface area contributed by atoms with Crippen LogP contribution in [0.2, 0.25) is 0 Å². The fourth-order valence-electron chi connectivity index (χ4n) is 1.85. The van der Waals surface area contributed by atoms with Gasteiger partial charge in [0.2, 0.25) is 0 Å². The van der Waals surface area contributed by atoms with Crippen LogP contribution in [0.4, 0.5) is 5.82 Å². The number of nitrogens with zero attached hydrogens (tertiary/aromatic N) is 2. The lowest BCUT2D eigenvalue weighted by atomic mass is 10.2. The Hall–Kier alpha value is -1.14. The number of aryl methyl sites for hydroxylation is 1. The zero-order chi connectivity index (χ0) is 14.7. The minimum Gasteiger partial charge on any atom is -0.496 e. The Kier molecular flexibility index (Phi) is 4.99. The van der Waals surface area contributed by atoms with Crippen molar-refractivity contribution in [3.05, 3.63) is 32.8 Å². The van der Waals surface area contributed by atoms with Crippen molar-refractivity contribution in [3.63, 3.8) is 0 Å². The highest BCUT2D eigenvalue weighted by Crippen LogP contribution is 2.31. The topological polar surface area (TPSA) is 61.0 Å². The van der Waals surface area contributed by atoms with Crippen LogP contribution < -0.4 is 10.5 Å². The summed E-state index contributed by atoms with van der Waals surface area (Å²) in [6.45, 7) is 2.11. The molecule has 0 bridgehead atoms. The van der Waals surface area contributed by atoms with E-state index in [0.29, 0.717) is 11.6 Å². The molecule has 0 amide bonds. The summed E-state index contributed by atoms with van der Waals surface area (Å²) in [5, 5.41) is 0. The minimum atomic E-state index is 0.463. The van der Waals surface area contributed by atoms with Crippen LogP contribution in [0.1, 0.15) is 19.0 Å². The van der Waals surface area contributed by atoms with Crippen LogP contribution in [-0.2, 0) is 6.42 Å². The van der Waals surface area contributed by atoms with Gasteiger partial charge in [-0.3, -0.25) is 0 Å². The number of ether oxygens (including phenoxy) is 1. The number of halogens is 2. The minimum absolute atomic E-state index is 0.463. The lowest BCUT2D eigenvalue weighted by Crippen LogP contribution is -2.03. The number of anilines is 1. The largest absolute Gasteiger partial charge is 0.496 e.